The van der Waals surface area contributed by atoms with Crippen molar-refractivity contribution in [3.05, 3.63) is 61.3 Å². The number of pyridine rings is 1. The van der Waals surface area contributed by atoms with Gasteiger partial charge in [0.05, 0.1) is 6.20 Å². The summed E-state index contributed by atoms with van der Waals surface area (Å²) in [6.45, 7) is 2.08. The van der Waals surface area contributed by atoms with Crippen LogP contribution < -0.4 is 4.57 Å². The van der Waals surface area contributed by atoms with Gasteiger partial charge in [0.1, 0.15) is 5.69 Å². The molecular formula is C13H12IrN-. The Balaban J connectivity index is 0.00000112. The average Bonchev–Trinajstić information content (AvgIpc) is 2.19. The van der Waals surface area contributed by atoms with Crippen molar-refractivity contribution in [3.8, 4) is 11.3 Å². The topological polar surface area (TPSA) is 3.88 Å². The summed E-state index contributed by atoms with van der Waals surface area (Å²) in [5.41, 5.74) is 3.42. The normalized spacial score (nSPS) is 9.40. The Morgan fingerprint density at radius 2 is 2.00 bits per heavy atom. The van der Waals surface area contributed by atoms with E-state index in [9.17, 15) is 0 Å². The van der Waals surface area contributed by atoms with Gasteiger partial charge in [0.15, 0.2) is 0 Å². The fourth-order valence-corrected chi connectivity index (χ4v) is 1.58. The van der Waals surface area contributed by atoms with Crippen LogP contribution in [0.25, 0.3) is 11.3 Å². The fraction of sp³-hybridized carbons (Fsp3) is 0.0769. The summed E-state index contributed by atoms with van der Waals surface area (Å²) < 4.78 is 1.88. The molecule has 0 aliphatic carbocycles. The molecule has 2 aromatic rings. The van der Waals surface area contributed by atoms with Crippen LogP contribution in [0.15, 0.2) is 42.6 Å². The van der Waals surface area contributed by atoms with Crippen LogP contribution >= 0.6 is 0 Å². The molecule has 1 heterocycles. The predicted octanol–water partition coefficient (Wildman–Crippen LogP) is 2.39. The first-order chi connectivity index (χ1) is 6.79. The van der Waals surface area contributed by atoms with E-state index < -0.39 is 0 Å². The molecule has 0 unspecified atom stereocenters. The van der Waals surface area contributed by atoms with Gasteiger partial charge in [0.2, 0.25) is 0 Å². The van der Waals surface area contributed by atoms with Gasteiger partial charge < -0.3 is 4.57 Å². The Morgan fingerprint density at radius 3 is 2.60 bits per heavy atom. The van der Waals surface area contributed by atoms with E-state index in [1.807, 2.05) is 41.1 Å². The third-order valence-electron chi connectivity index (χ3n) is 2.24. The number of hydrogen-bond acceptors (Lipinski definition) is 0. The van der Waals surface area contributed by atoms with Crippen molar-refractivity contribution in [2.75, 3.05) is 0 Å². The first-order valence-corrected chi connectivity index (χ1v) is 4.58. The van der Waals surface area contributed by atoms with Gasteiger partial charge in [-0.15, -0.1) is 30.3 Å². The Morgan fingerprint density at radius 1 is 1.20 bits per heavy atom. The van der Waals surface area contributed by atoms with Crippen LogP contribution in [0.5, 0.6) is 0 Å². The fourth-order valence-electron chi connectivity index (χ4n) is 1.58. The molecule has 0 atom stereocenters. The molecule has 0 fully saturated rings. The molecule has 0 aliphatic rings. The Bertz CT molecular complexity index is 417. The molecule has 0 spiro atoms. The van der Waals surface area contributed by atoms with Gasteiger partial charge in [-0.05, 0) is 12.5 Å². The van der Waals surface area contributed by atoms with Gasteiger partial charge in [-0.2, -0.15) is 0 Å². The molecule has 0 saturated heterocycles. The van der Waals surface area contributed by atoms with Gasteiger partial charge in [0, 0.05) is 27.2 Å². The zero-order chi connectivity index (χ0) is 9.97. The maximum atomic E-state index is 3.95. The average molecular weight is 374 g/mol. The quantitative estimate of drug-likeness (QED) is 0.533. The summed E-state index contributed by atoms with van der Waals surface area (Å²) >= 11 is 0. The van der Waals surface area contributed by atoms with Gasteiger partial charge in [0.25, 0.3) is 0 Å². The molecule has 0 aliphatic heterocycles. The van der Waals surface area contributed by atoms with Crippen molar-refractivity contribution in [3.63, 3.8) is 0 Å². The molecule has 0 N–H and O–H groups in total. The largest absolute Gasteiger partial charge is 0.321 e. The maximum Gasteiger partial charge on any atom is 0.118 e. The molecular weight excluding hydrogens is 362 g/mol. The van der Waals surface area contributed by atoms with Crippen molar-refractivity contribution in [1.29, 1.82) is 0 Å². The molecule has 1 aromatic carbocycles. The molecule has 0 bridgehead atoms. The molecule has 0 amide bonds. The molecule has 1 aromatic heterocycles. The number of aryl methyl sites for hydroxylation is 1. The number of nitrogens with zero attached hydrogens (tertiary/aromatic N) is 1. The van der Waals surface area contributed by atoms with E-state index in [2.05, 4.69) is 26.1 Å². The maximum absolute atomic E-state index is 3.95. The van der Waals surface area contributed by atoms with E-state index in [4.69, 9.17) is 0 Å². The van der Waals surface area contributed by atoms with Gasteiger partial charge >= 0.3 is 0 Å². The van der Waals surface area contributed by atoms with Crippen molar-refractivity contribution < 1.29 is 24.7 Å². The van der Waals surface area contributed by atoms with E-state index in [0.29, 0.717) is 0 Å². The first kappa shape index (κ1) is 12.0. The van der Waals surface area contributed by atoms with Crippen LogP contribution in [0.2, 0.25) is 0 Å². The third kappa shape index (κ3) is 2.47. The summed E-state index contributed by atoms with van der Waals surface area (Å²) in [7, 11) is 3.95. The van der Waals surface area contributed by atoms with Gasteiger partial charge in [-0.1, -0.05) is 17.7 Å². The van der Waals surface area contributed by atoms with E-state index in [-0.39, 0.29) is 20.1 Å². The molecule has 0 saturated carbocycles. The summed E-state index contributed by atoms with van der Waals surface area (Å²) in [6, 6.07) is 15.2. The zero-order valence-corrected chi connectivity index (χ0v) is 10.9. The first-order valence-electron chi connectivity index (χ1n) is 4.58. The summed E-state index contributed by atoms with van der Waals surface area (Å²) in [4.78, 5) is 0. The van der Waals surface area contributed by atoms with Crippen molar-refractivity contribution in [2.24, 2.45) is 0 Å². The minimum atomic E-state index is 0. The van der Waals surface area contributed by atoms with Crippen LogP contribution in [0.1, 0.15) is 5.56 Å². The summed E-state index contributed by atoms with van der Waals surface area (Å²) in [5.74, 6) is 0. The second-order valence-electron chi connectivity index (χ2n) is 3.29. The molecule has 1 radical (unpaired) electrons. The van der Waals surface area contributed by atoms with E-state index >= 15 is 0 Å². The van der Waals surface area contributed by atoms with Crippen LogP contribution in [-0.4, -0.2) is 0 Å². The van der Waals surface area contributed by atoms with E-state index in [1.165, 1.54) is 5.56 Å². The van der Waals surface area contributed by atoms with Crippen molar-refractivity contribution >= 4 is 0 Å². The number of hydrogen-bond donors (Lipinski definition) is 0. The Labute approximate surface area is 104 Å². The van der Waals surface area contributed by atoms with E-state index in [1.54, 1.807) is 0 Å². The second-order valence-corrected chi connectivity index (χ2v) is 3.29. The molecule has 15 heavy (non-hydrogen) atoms. The van der Waals surface area contributed by atoms with Gasteiger partial charge in [-0.25, -0.2) is 0 Å². The third-order valence-corrected chi connectivity index (χ3v) is 2.24. The van der Waals surface area contributed by atoms with Crippen molar-refractivity contribution in [2.45, 2.75) is 6.92 Å². The Kier molecular flexibility index (Phi) is 4.07. The summed E-state index contributed by atoms with van der Waals surface area (Å²) in [6.07, 6.45) is 1.95. The standard InChI is InChI=1S/C13H12N.Ir/c1-11-7-6-10-14(2)13(11)12-8-4-3-5-9-12;/h3-8,10H,2H2,1H3;/q-1;. The van der Waals surface area contributed by atoms with Crippen LogP contribution in [0.3, 0.4) is 0 Å². The monoisotopic (exact) mass is 375 g/mol. The second kappa shape index (κ2) is 5.11. The smallest absolute Gasteiger partial charge is 0.118 e. The number of rotatable bonds is 1. The van der Waals surface area contributed by atoms with Crippen LogP contribution in [0, 0.1) is 20.0 Å². The predicted molar refractivity (Wildman–Crippen MR) is 56.4 cm³/mol. The molecule has 2 rings (SSSR count). The summed E-state index contributed by atoms with van der Waals surface area (Å²) in [5, 5.41) is 0. The minimum Gasteiger partial charge on any atom is -0.321 e. The molecule has 2 heteroatoms. The SMILES string of the molecule is [CH2-][n+]1cccc(C)c1-c1[c-]cccc1.[Ir]. The van der Waals surface area contributed by atoms with Crippen molar-refractivity contribution in [1.82, 2.24) is 0 Å². The Hall–Kier alpha value is -1.11. The minimum absolute atomic E-state index is 0. The van der Waals surface area contributed by atoms with Crippen LogP contribution in [-0.2, 0) is 20.1 Å². The number of benzene rings is 1. The number of aromatic nitrogens is 1. The molecule has 79 valence electrons. The van der Waals surface area contributed by atoms with Crippen LogP contribution in [0.4, 0.5) is 0 Å². The zero-order valence-electron chi connectivity index (χ0n) is 8.53. The molecule has 1 nitrogen and oxygen atoms in total. The van der Waals surface area contributed by atoms with E-state index in [0.717, 1.165) is 11.3 Å². The van der Waals surface area contributed by atoms with Gasteiger partial charge in [-0.3, -0.25) is 0 Å².